The van der Waals surface area contributed by atoms with Gasteiger partial charge < -0.3 is 9.57 Å². The van der Waals surface area contributed by atoms with Crippen LogP contribution in [0.2, 0.25) is 0 Å². The normalized spacial score (nSPS) is 10.9. The van der Waals surface area contributed by atoms with E-state index in [0.717, 1.165) is 26.7 Å². The Morgan fingerprint density at radius 3 is 2.52 bits per heavy atom. The zero-order chi connectivity index (χ0) is 19.2. The maximum Gasteiger partial charge on any atom is 0.339 e. The van der Waals surface area contributed by atoms with Gasteiger partial charge in [0.25, 0.3) is 0 Å². The van der Waals surface area contributed by atoms with Crippen molar-refractivity contribution in [1.29, 1.82) is 0 Å². The molecule has 3 aromatic rings. The molecule has 138 valence electrons. The molecule has 6 nitrogen and oxygen atoms in total. The summed E-state index contributed by atoms with van der Waals surface area (Å²) in [5.41, 5.74) is 3.08. The van der Waals surface area contributed by atoms with Crippen LogP contribution in [0.25, 0.3) is 11.3 Å². The molecule has 0 atom stereocenters. The van der Waals surface area contributed by atoms with Crippen LogP contribution in [-0.2, 0) is 16.6 Å². The number of hydrogen-bond acceptors (Lipinski definition) is 6. The lowest BCUT2D eigenvalue weighted by Gasteiger charge is -2.08. The summed E-state index contributed by atoms with van der Waals surface area (Å²) in [7, 11) is 4.73. The van der Waals surface area contributed by atoms with Crippen LogP contribution in [-0.4, -0.2) is 36.2 Å². The van der Waals surface area contributed by atoms with E-state index in [4.69, 9.17) is 9.57 Å². The predicted octanol–water partition coefficient (Wildman–Crippen LogP) is 4.01. The predicted molar refractivity (Wildman–Crippen MR) is 105 cm³/mol. The number of rotatable bonds is 6. The van der Waals surface area contributed by atoms with E-state index in [0.29, 0.717) is 5.56 Å². The van der Waals surface area contributed by atoms with E-state index in [1.54, 1.807) is 17.0 Å². The summed E-state index contributed by atoms with van der Waals surface area (Å²) in [6.45, 7) is 0. The highest BCUT2D eigenvalue weighted by Crippen LogP contribution is 2.36. The zero-order valence-electron chi connectivity index (χ0n) is 15.2. The van der Waals surface area contributed by atoms with Crippen molar-refractivity contribution >= 4 is 23.9 Å². The van der Waals surface area contributed by atoms with Gasteiger partial charge in [0, 0.05) is 17.5 Å². The van der Waals surface area contributed by atoms with Crippen LogP contribution in [0.5, 0.6) is 0 Å². The third-order valence-electron chi connectivity index (χ3n) is 3.86. The third kappa shape index (κ3) is 4.03. The molecule has 0 fully saturated rings. The first-order valence-corrected chi connectivity index (χ1v) is 9.01. The SMILES string of the molecule is CO/N=C/c1c(-c2ccccc2)nn(C)c1Sc1ccccc1C(=O)OC. The fourth-order valence-corrected chi connectivity index (χ4v) is 3.66. The molecule has 3 rings (SSSR count). The van der Waals surface area contributed by atoms with Crippen molar-refractivity contribution in [3.05, 3.63) is 65.7 Å². The number of oxime groups is 1. The van der Waals surface area contributed by atoms with E-state index in [9.17, 15) is 4.79 Å². The fraction of sp³-hybridized carbons (Fsp3) is 0.150. The number of nitrogens with zero attached hydrogens (tertiary/aromatic N) is 3. The topological polar surface area (TPSA) is 65.7 Å². The number of aryl methyl sites for hydroxylation is 1. The van der Waals surface area contributed by atoms with Crippen molar-refractivity contribution in [2.24, 2.45) is 12.2 Å². The smallest absolute Gasteiger partial charge is 0.339 e. The largest absolute Gasteiger partial charge is 0.465 e. The van der Waals surface area contributed by atoms with Crippen molar-refractivity contribution < 1.29 is 14.4 Å². The van der Waals surface area contributed by atoms with Gasteiger partial charge in [0.15, 0.2) is 0 Å². The molecule has 0 aliphatic rings. The number of carbonyl (C=O) groups excluding carboxylic acids is 1. The first-order valence-electron chi connectivity index (χ1n) is 8.19. The van der Waals surface area contributed by atoms with E-state index in [1.807, 2.05) is 55.6 Å². The van der Waals surface area contributed by atoms with Crippen molar-refractivity contribution in [2.75, 3.05) is 14.2 Å². The van der Waals surface area contributed by atoms with Crippen LogP contribution in [0, 0.1) is 0 Å². The maximum absolute atomic E-state index is 12.1. The second-order valence-electron chi connectivity index (χ2n) is 5.56. The van der Waals surface area contributed by atoms with Gasteiger partial charge in [-0.2, -0.15) is 5.10 Å². The highest BCUT2D eigenvalue weighted by molar-refractivity contribution is 7.99. The average Bonchev–Trinajstić information content (AvgIpc) is 3.02. The number of aromatic nitrogens is 2. The van der Waals surface area contributed by atoms with Crippen molar-refractivity contribution in [2.45, 2.75) is 9.92 Å². The molecule has 27 heavy (non-hydrogen) atoms. The summed E-state index contributed by atoms with van der Waals surface area (Å²) in [5, 5.41) is 9.43. The van der Waals surface area contributed by atoms with Crippen molar-refractivity contribution in [3.63, 3.8) is 0 Å². The molecule has 0 amide bonds. The Morgan fingerprint density at radius 2 is 1.81 bits per heavy atom. The molecule has 1 heterocycles. The van der Waals surface area contributed by atoms with Gasteiger partial charge in [-0.1, -0.05) is 59.4 Å². The number of esters is 1. The summed E-state index contributed by atoms with van der Waals surface area (Å²) >= 11 is 1.43. The van der Waals surface area contributed by atoms with Gasteiger partial charge in [-0.05, 0) is 12.1 Å². The van der Waals surface area contributed by atoms with E-state index in [1.165, 1.54) is 26.0 Å². The van der Waals surface area contributed by atoms with E-state index >= 15 is 0 Å². The molecule has 0 saturated carbocycles. The van der Waals surface area contributed by atoms with Crippen molar-refractivity contribution in [1.82, 2.24) is 9.78 Å². The standard InChI is InChI=1S/C20H19N3O3S/c1-23-19(27-17-12-8-7-11-15(17)20(24)25-2)16(13-21-26-3)18(22-23)14-9-5-4-6-10-14/h4-13H,1-3H3/b21-13+. The molecule has 0 spiro atoms. The molecule has 0 radical (unpaired) electrons. The van der Waals surface area contributed by atoms with E-state index in [2.05, 4.69) is 10.3 Å². The molecule has 0 bridgehead atoms. The van der Waals surface area contributed by atoms with Gasteiger partial charge in [0.2, 0.25) is 0 Å². The Labute approximate surface area is 161 Å². The highest BCUT2D eigenvalue weighted by Gasteiger charge is 2.20. The number of carbonyl (C=O) groups is 1. The Kier molecular flexibility index (Phi) is 5.93. The van der Waals surface area contributed by atoms with Gasteiger partial charge in [-0.3, -0.25) is 4.68 Å². The quantitative estimate of drug-likeness (QED) is 0.367. The summed E-state index contributed by atoms with van der Waals surface area (Å²) in [5.74, 6) is -0.379. The summed E-state index contributed by atoms with van der Waals surface area (Å²) < 4.78 is 6.67. The van der Waals surface area contributed by atoms with Crippen LogP contribution in [0.4, 0.5) is 0 Å². The molecule has 0 aliphatic carbocycles. The Morgan fingerprint density at radius 1 is 1.11 bits per heavy atom. The molecule has 1 aromatic heterocycles. The molecular formula is C20H19N3O3S. The van der Waals surface area contributed by atoms with Crippen LogP contribution in [0.15, 0.2) is 69.7 Å². The van der Waals surface area contributed by atoms with E-state index in [-0.39, 0.29) is 5.97 Å². The molecule has 0 saturated heterocycles. The second-order valence-corrected chi connectivity index (χ2v) is 6.59. The Hall–Kier alpha value is -3.06. The minimum Gasteiger partial charge on any atom is -0.465 e. The third-order valence-corrected chi connectivity index (χ3v) is 5.12. The first kappa shape index (κ1) is 18.7. The summed E-state index contributed by atoms with van der Waals surface area (Å²) in [4.78, 5) is 17.7. The van der Waals surface area contributed by atoms with Gasteiger partial charge in [0.05, 0.1) is 24.5 Å². The second kappa shape index (κ2) is 8.55. The van der Waals surface area contributed by atoms with Gasteiger partial charge >= 0.3 is 5.97 Å². The highest BCUT2D eigenvalue weighted by atomic mass is 32.2. The van der Waals surface area contributed by atoms with Crippen LogP contribution < -0.4 is 0 Å². The minimum atomic E-state index is -0.379. The van der Waals surface area contributed by atoms with Gasteiger partial charge in [-0.15, -0.1) is 0 Å². The van der Waals surface area contributed by atoms with Crippen LogP contribution in [0.1, 0.15) is 15.9 Å². The Balaban J connectivity index is 2.10. The van der Waals surface area contributed by atoms with Crippen molar-refractivity contribution in [3.8, 4) is 11.3 Å². The molecule has 0 N–H and O–H groups in total. The Bertz CT molecular complexity index is 968. The lowest BCUT2D eigenvalue weighted by atomic mass is 10.1. The zero-order valence-corrected chi connectivity index (χ0v) is 16.1. The monoisotopic (exact) mass is 381 g/mol. The molecular weight excluding hydrogens is 362 g/mol. The molecule has 0 aliphatic heterocycles. The molecule has 0 unspecified atom stereocenters. The van der Waals surface area contributed by atoms with Gasteiger partial charge in [-0.25, -0.2) is 4.79 Å². The van der Waals surface area contributed by atoms with Crippen LogP contribution >= 0.6 is 11.8 Å². The summed E-state index contributed by atoms with van der Waals surface area (Å²) in [6, 6.07) is 17.2. The average molecular weight is 381 g/mol. The maximum atomic E-state index is 12.1. The van der Waals surface area contributed by atoms with Gasteiger partial charge in [0.1, 0.15) is 17.8 Å². The minimum absolute atomic E-state index is 0.379. The fourth-order valence-electron chi connectivity index (χ4n) is 2.62. The number of methoxy groups -OCH3 is 1. The summed E-state index contributed by atoms with van der Waals surface area (Å²) in [6.07, 6.45) is 1.64. The lowest BCUT2D eigenvalue weighted by Crippen LogP contribution is -2.03. The van der Waals surface area contributed by atoms with E-state index < -0.39 is 0 Å². The molecule has 7 heteroatoms. The number of hydrogen-bond donors (Lipinski definition) is 0. The first-order chi connectivity index (χ1) is 13.2. The lowest BCUT2D eigenvalue weighted by molar-refractivity contribution is 0.0597. The number of ether oxygens (including phenoxy) is 1. The number of benzene rings is 2. The van der Waals surface area contributed by atoms with Crippen LogP contribution in [0.3, 0.4) is 0 Å². The molecule has 2 aromatic carbocycles.